The Morgan fingerprint density at radius 3 is 2.33 bits per heavy atom. The van der Waals surface area contributed by atoms with Crippen molar-refractivity contribution >= 4 is 5.91 Å². The van der Waals surface area contributed by atoms with E-state index in [9.17, 15) is 9.90 Å². The van der Waals surface area contributed by atoms with Gasteiger partial charge in [0.15, 0.2) is 0 Å². The fourth-order valence-corrected chi connectivity index (χ4v) is 3.11. The molecule has 1 N–H and O–H groups in total. The van der Waals surface area contributed by atoms with E-state index < -0.39 is 6.10 Å². The van der Waals surface area contributed by atoms with E-state index >= 15 is 0 Å². The number of aliphatic hydroxyl groups excluding tert-OH is 1. The molecule has 142 valence electrons. The van der Waals surface area contributed by atoms with Gasteiger partial charge >= 0.3 is 0 Å². The zero-order valence-corrected chi connectivity index (χ0v) is 16.7. The van der Waals surface area contributed by atoms with Gasteiger partial charge in [0.2, 0.25) is 5.91 Å². The molecule has 0 fully saturated rings. The maximum Gasteiger partial charge on any atom is 0.248 e. The van der Waals surface area contributed by atoms with Crippen molar-refractivity contribution in [2.75, 3.05) is 14.2 Å². The molecule has 4 atom stereocenters. The average molecular weight is 342 g/mol. The summed E-state index contributed by atoms with van der Waals surface area (Å²) in [6.07, 6.45) is 6.56. The highest BCUT2D eigenvalue weighted by Gasteiger charge is 2.21. The summed E-state index contributed by atoms with van der Waals surface area (Å²) < 4.78 is 0. The average Bonchev–Trinajstić information content (AvgIpc) is 2.55. The number of hydrogen-bond donors (Lipinski definition) is 1. The Morgan fingerprint density at radius 2 is 1.79 bits per heavy atom. The van der Waals surface area contributed by atoms with Crippen molar-refractivity contribution < 1.29 is 14.7 Å². The highest BCUT2D eigenvalue weighted by Crippen LogP contribution is 2.24. The van der Waals surface area contributed by atoms with Gasteiger partial charge in [-0.25, -0.2) is 5.06 Å². The molecule has 4 nitrogen and oxygen atoms in total. The minimum absolute atomic E-state index is 0.000873. The van der Waals surface area contributed by atoms with Crippen LogP contribution >= 0.6 is 0 Å². The molecule has 1 amide bonds. The Balaban J connectivity index is 4.13. The molecule has 0 saturated heterocycles. The standard InChI is InChI=1S/C20H39NO3/c1-8-9-10-15(2)13-17(4)19(22)12-11-16(3)14-18(5)20(23)21(6)24-7/h15-16,18-19,22H,4,8-14H2,1-3,5-7H3/t15-,16-,18?,19?/m1/s1. The van der Waals surface area contributed by atoms with Crippen LogP contribution in [0.4, 0.5) is 0 Å². The van der Waals surface area contributed by atoms with E-state index in [-0.39, 0.29) is 11.8 Å². The summed E-state index contributed by atoms with van der Waals surface area (Å²) in [5, 5.41) is 11.6. The van der Waals surface area contributed by atoms with Crippen LogP contribution in [0.25, 0.3) is 0 Å². The zero-order valence-electron chi connectivity index (χ0n) is 16.7. The molecule has 0 heterocycles. The highest BCUT2D eigenvalue weighted by molar-refractivity contribution is 5.77. The first-order valence-electron chi connectivity index (χ1n) is 9.40. The Morgan fingerprint density at radius 1 is 1.17 bits per heavy atom. The molecule has 0 aliphatic rings. The van der Waals surface area contributed by atoms with Crippen LogP contribution in [0.5, 0.6) is 0 Å². The second-order valence-electron chi connectivity index (χ2n) is 7.46. The summed E-state index contributed by atoms with van der Waals surface area (Å²) in [5.41, 5.74) is 0.953. The van der Waals surface area contributed by atoms with Gasteiger partial charge in [0, 0.05) is 13.0 Å². The van der Waals surface area contributed by atoms with E-state index in [2.05, 4.69) is 27.4 Å². The lowest BCUT2D eigenvalue weighted by molar-refractivity contribution is -0.173. The number of amides is 1. The van der Waals surface area contributed by atoms with Gasteiger partial charge in [-0.3, -0.25) is 9.63 Å². The van der Waals surface area contributed by atoms with Gasteiger partial charge in [-0.05, 0) is 43.1 Å². The molecule has 0 aliphatic heterocycles. The van der Waals surface area contributed by atoms with Gasteiger partial charge in [-0.2, -0.15) is 0 Å². The Bertz CT molecular complexity index is 370. The fraction of sp³-hybridized carbons (Fsp3) is 0.850. The molecular weight excluding hydrogens is 302 g/mol. The lowest BCUT2D eigenvalue weighted by atomic mass is 9.88. The van der Waals surface area contributed by atoms with Crippen molar-refractivity contribution in [3.63, 3.8) is 0 Å². The van der Waals surface area contributed by atoms with Crippen LogP contribution in [0.1, 0.15) is 72.6 Å². The summed E-state index contributed by atoms with van der Waals surface area (Å²) in [5.74, 6) is 0.902. The number of hydroxylamine groups is 2. The summed E-state index contributed by atoms with van der Waals surface area (Å²) in [6, 6.07) is 0. The van der Waals surface area contributed by atoms with E-state index in [0.717, 1.165) is 31.3 Å². The quantitative estimate of drug-likeness (QED) is 0.394. The zero-order chi connectivity index (χ0) is 18.7. The number of carbonyl (C=O) groups excluding carboxylic acids is 1. The Hall–Kier alpha value is -0.870. The van der Waals surface area contributed by atoms with E-state index in [1.54, 1.807) is 7.05 Å². The van der Waals surface area contributed by atoms with E-state index in [1.807, 2.05) is 6.92 Å². The van der Waals surface area contributed by atoms with Gasteiger partial charge in [0.1, 0.15) is 0 Å². The van der Waals surface area contributed by atoms with Gasteiger partial charge in [0.05, 0.1) is 13.2 Å². The molecule has 0 aromatic rings. The van der Waals surface area contributed by atoms with Crippen molar-refractivity contribution in [2.24, 2.45) is 17.8 Å². The molecular formula is C20H39NO3. The monoisotopic (exact) mass is 341 g/mol. The van der Waals surface area contributed by atoms with E-state index in [4.69, 9.17) is 4.84 Å². The first kappa shape index (κ1) is 23.1. The lowest BCUT2D eigenvalue weighted by Crippen LogP contribution is -2.31. The second-order valence-corrected chi connectivity index (χ2v) is 7.46. The maximum atomic E-state index is 12.0. The van der Waals surface area contributed by atoms with Crippen LogP contribution < -0.4 is 0 Å². The maximum absolute atomic E-state index is 12.0. The number of hydrogen-bond acceptors (Lipinski definition) is 3. The minimum Gasteiger partial charge on any atom is -0.389 e. The van der Waals surface area contributed by atoms with Crippen LogP contribution in [-0.4, -0.2) is 36.3 Å². The van der Waals surface area contributed by atoms with Crippen LogP contribution in [0.15, 0.2) is 12.2 Å². The third-order valence-electron chi connectivity index (χ3n) is 4.83. The van der Waals surface area contributed by atoms with Crippen LogP contribution in [-0.2, 0) is 9.63 Å². The molecule has 0 saturated carbocycles. The number of aliphatic hydroxyl groups is 1. The summed E-state index contributed by atoms with van der Waals surface area (Å²) in [6.45, 7) is 12.6. The normalized spacial score (nSPS) is 16.3. The largest absolute Gasteiger partial charge is 0.389 e. The van der Waals surface area contributed by atoms with Gasteiger partial charge in [0.25, 0.3) is 0 Å². The first-order valence-corrected chi connectivity index (χ1v) is 9.40. The molecule has 0 aromatic carbocycles. The van der Waals surface area contributed by atoms with Crippen LogP contribution in [0.2, 0.25) is 0 Å². The summed E-state index contributed by atoms with van der Waals surface area (Å²) in [4.78, 5) is 16.9. The van der Waals surface area contributed by atoms with E-state index in [0.29, 0.717) is 11.8 Å². The molecule has 0 aromatic heterocycles. The second kappa shape index (κ2) is 12.5. The Labute approximate surface area is 149 Å². The SMILES string of the molecule is C=C(C[C@H](C)CCCC)C(O)CC[C@@H](C)CC(C)C(=O)N(C)OC. The van der Waals surface area contributed by atoms with Crippen LogP contribution in [0.3, 0.4) is 0 Å². The molecule has 2 unspecified atom stereocenters. The predicted molar refractivity (Wildman–Crippen MR) is 100 cm³/mol. The number of carbonyl (C=O) groups is 1. The minimum atomic E-state index is -0.427. The first-order chi connectivity index (χ1) is 11.2. The Kier molecular flexibility index (Phi) is 12.0. The van der Waals surface area contributed by atoms with Crippen molar-refractivity contribution in [2.45, 2.75) is 78.7 Å². The number of nitrogens with zero attached hydrogens (tertiary/aromatic N) is 1. The topological polar surface area (TPSA) is 49.8 Å². The lowest BCUT2D eigenvalue weighted by Gasteiger charge is -2.23. The number of unbranched alkanes of at least 4 members (excludes halogenated alkanes) is 1. The van der Waals surface area contributed by atoms with Gasteiger partial charge in [-0.1, -0.05) is 53.5 Å². The van der Waals surface area contributed by atoms with Crippen molar-refractivity contribution in [3.05, 3.63) is 12.2 Å². The molecule has 0 radical (unpaired) electrons. The summed E-state index contributed by atoms with van der Waals surface area (Å²) >= 11 is 0. The predicted octanol–water partition coefficient (Wildman–Crippen LogP) is 4.58. The highest BCUT2D eigenvalue weighted by atomic mass is 16.7. The van der Waals surface area contributed by atoms with Gasteiger partial charge in [-0.15, -0.1) is 0 Å². The molecule has 4 heteroatoms. The molecule has 24 heavy (non-hydrogen) atoms. The smallest absolute Gasteiger partial charge is 0.248 e. The third kappa shape index (κ3) is 9.43. The fourth-order valence-electron chi connectivity index (χ4n) is 3.11. The molecule has 0 bridgehead atoms. The van der Waals surface area contributed by atoms with Crippen molar-refractivity contribution in [1.82, 2.24) is 5.06 Å². The third-order valence-corrected chi connectivity index (χ3v) is 4.83. The molecule has 0 aliphatic carbocycles. The van der Waals surface area contributed by atoms with Crippen molar-refractivity contribution in [3.8, 4) is 0 Å². The molecule has 0 rings (SSSR count). The van der Waals surface area contributed by atoms with Crippen LogP contribution in [0, 0.1) is 17.8 Å². The van der Waals surface area contributed by atoms with Crippen molar-refractivity contribution in [1.29, 1.82) is 0 Å². The summed E-state index contributed by atoms with van der Waals surface area (Å²) in [7, 11) is 3.13. The van der Waals surface area contributed by atoms with E-state index in [1.165, 1.54) is 31.4 Å². The number of rotatable bonds is 13. The molecule has 0 spiro atoms. The van der Waals surface area contributed by atoms with Gasteiger partial charge < -0.3 is 5.11 Å².